The monoisotopic (exact) mass is 360 g/mol. The smallest absolute Gasteiger partial charge is 0.394 e. The van der Waals surface area contributed by atoms with E-state index in [1.165, 1.54) is 0 Å². The Labute approximate surface area is 141 Å². The molecule has 2 aromatic rings. The minimum Gasteiger partial charge on any atom is -0.394 e. The number of alkyl halides is 3. The third-order valence-corrected chi connectivity index (χ3v) is 3.36. The summed E-state index contributed by atoms with van der Waals surface area (Å²) in [5.41, 5.74) is 0.243. The summed E-state index contributed by atoms with van der Waals surface area (Å²) in [6, 6.07) is 5.34. The van der Waals surface area contributed by atoms with Gasteiger partial charge in [0.25, 0.3) is 0 Å². The number of aliphatic hydroxyl groups is 1. The van der Waals surface area contributed by atoms with Crippen molar-refractivity contribution >= 4 is 29.1 Å². The molecule has 9 heteroatoms. The highest BCUT2D eigenvalue weighted by atomic mass is 35.5. The van der Waals surface area contributed by atoms with Crippen molar-refractivity contribution in [2.24, 2.45) is 0 Å². The van der Waals surface area contributed by atoms with E-state index < -0.39 is 17.9 Å². The number of halogens is 4. The predicted molar refractivity (Wildman–Crippen MR) is 86.7 cm³/mol. The molecule has 1 aromatic heterocycles. The number of nitrogens with zero attached hydrogens (tertiary/aromatic N) is 2. The second-order valence-electron chi connectivity index (χ2n) is 5.27. The van der Waals surface area contributed by atoms with E-state index in [1.807, 2.05) is 0 Å². The Kier molecular flexibility index (Phi) is 5.51. The SMILES string of the molecule is Cc1ccc(Cl)cc1Nc1cc(C(F)(F)F)nc(N[C@@H](C)CO)n1. The molecule has 0 spiro atoms. The molecular formula is C15H16ClF3N4O. The van der Waals surface area contributed by atoms with Gasteiger partial charge in [-0.05, 0) is 31.5 Å². The molecule has 24 heavy (non-hydrogen) atoms. The van der Waals surface area contributed by atoms with Crippen LogP contribution < -0.4 is 10.6 Å². The molecule has 0 amide bonds. The first-order chi connectivity index (χ1) is 11.2. The van der Waals surface area contributed by atoms with Gasteiger partial charge in [-0.2, -0.15) is 18.2 Å². The highest BCUT2D eigenvalue weighted by Gasteiger charge is 2.34. The van der Waals surface area contributed by atoms with E-state index in [0.29, 0.717) is 10.7 Å². The lowest BCUT2D eigenvalue weighted by Crippen LogP contribution is -2.22. The fraction of sp³-hybridized carbons (Fsp3) is 0.333. The van der Waals surface area contributed by atoms with Crippen molar-refractivity contribution in [2.75, 3.05) is 17.2 Å². The number of aliphatic hydroxyl groups excluding tert-OH is 1. The van der Waals surface area contributed by atoms with Crippen LogP contribution in [-0.4, -0.2) is 27.7 Å². The maximum absolute atomic E-state index is 13.0. The Morgan fingerprint density at radius 2 is 1.96 bits per heavy atom. The first kappa shape index (κ1) is 18.3. The van der Waals surface area contributed by atoms with Crippen LogP contribution in [0.25, 0.3) is 0 Å². The van der Waals surface area contributed by atoms with Crippen LogP contribution in [0.4, 0.5) is 30.6 Å². The van der Waals surface area contributed by atoms with Gasteiger partial charge in [0.05, 0.1) is 6.61 Å². The largest absolute Gasteiger partial charge is 0.433 e. The molecule has 2 rings (SSSR count). The van der Waals surface area contributed by atoms with Gasteiger partial charge in [-0.25, -0.2) is 4.98 Å². The van der Waals surface area contributed by atoms with Gasteiger partial charge in [-0.1, -0.05) is 17.7 Å². The van der Waals surface area contributed by atoms with Gasteiger partial charge < -0.3 is 15.7 Å². The van der Waals surface area contributed by atoms with Crippen LogP contribution in [0.1, 0.15) is 18.2 Å². The first-order valence-corrected chi connectivity index (χ1v) is 7.43. The normalized spacial score (nSPS) is 12.8. The Morgan fingerprint density at radius 1 is 1.25 bits per heavy atom. The molecule has 0 aliphatic rings. The molecule has 130 valence electrons. The highest BCUT2D eigenvalue weighted by molar-refractivity contribution is 6.30. The molecule has 0 radical (unpaired) electrons. The van der Waals surface area contributed by atoms with E-state index in [1.54, 1.807) is 32.0 Å². The van der Waals surface area contributed by atoms with Crippen LogP contribution in [0.2, 0.25) is 5.02 Å². The fourth-order valence-corrected chi connectivity index (χ4v) is 2.03. The van der Waals surface area contributed by atoms with Crippen LogP contribution in [-0.2, 0) is 6.18 Å². The lowest BCUT2D eigenvalue weighted by atomic mass is 10.2. The molecule has 5 nitrogen and oxygen atoms in total. The van der Waals surface area contributed by atoms with E-state index in [2.05, 4.69) is 20.6 Å². The summed E-state index contributed by atoms with van der Waals surface area (Å²) in [7, 11) is 0. The number of nitrogens with one attached hydrogen (secondary N) is 2. The van der Waals surface area contributed by atoms with Crippen LogP contribution in [0.3, 0.4) is 0 Å². The van der Waals surface area contributed by atoms with Crippen molar-refractivity contribution in [3.05, 3.63) is 40.5 Å². The lowest BCUT2D eigenvalue weighted by molar-refractivity contribution is -0.141. The molecule has 1 atom stereocenters. The molecule has 0 aliphatic carbocycles. The van der Waals surface area contributed by atoms with Gasteiger partial charge in [-0.3, -0.25) is 0 Å². The number of aryl methyl sites for hydroxylation is 1. The van der Waals surface area contributed by atoms with Gasteiger partial charge >= 0.3 is 6.18 Å². The summed E-state index contributed by atoms with van der Waals surface area (Å²) in [5, 5.41) is 14.9. The summed E-state index contributed by atoms with van der Waals surface area (Å²) in [6.45, 7) is 3.12. The van der Waals surface area contributed by atoms with Crippen molar-refractivity contribution in [3.63, 3.8) is 0 Å². The molecule has 0 fully saturated rings. The summed E-state index contributed by atoms with van der Waals surface area (Å²) < 4.78 is 39.1. The van der Waals surface area contributed by atoms with E-state index in [0.717, 1.165) is 11.6 Å². The molecule has 3 N–H and O–H groups in total. The molecule has 1 heterocycles. The van der Waals surface area contributed by atoms with Crippen molar-refractivity contribution in [2.45, 2.75) is 26.1 Å². The summed E-state index contributed by atoms with van der Waals surface area (Å²) in [4.78, 5) is 7.46. The van der Waals surface area contributed by atoms with Crippen LogP contribution in [0, 0.1) is 6.92 Å². The minimum atomic E-state index is -4.62. The van der Waals surface area contributed by atoms with Crippen molar-refractivity contribution < 1.29 is 18.3 Å². The quantitative estimate of drug-likeness (QED) is 0.752. The van der Waals surface area contributed by atoms with Crippen molar-refractivity contribution in [3.8, 4) is 0 Å². The zero-order valence-corrected chi connectivity index (χ0v) is 13.7. The first-order valence-electron chi connectivity index (χ1n) is 7.06. The fourth-order valence-electron chi connectivity index (χ4n) is 1.85. The standard InChI is InChI=1S/C15H16ClF3N4O/c1-8-3-4-10(16)5-11(8)21-13-6-12(15(17,18)19)22-14(23-13)20-9(2)7-24/h3-6,9,24H,7H2,1-2H3,(H2,20,21,22,23)/t9-/m0/s1. The number of benzene rings is 1. The predicted octanol–water partition coefficient (Wildman–Crippen LogP) is 3.99. The topological polar surface area (TPSA) is 70.1 Å². The average molecular weight is 361 g/mol. The molecular weight excluding hydrogens is 345 g/mol. The van der Waals surface area contributed by atoms with Crippen molar-refractivity contribution in [1.82, 2.24) is 9.97 Å². The summed E-state index contributed by atoms with van der Waals surface area (Å²) in [5.74, 6) is -0.260. The van der Waals surface area contributed by atoms with Crippen molar-refractivity contribution in [1.29, 1.82) is 0 Å². The summed E-state index contributed by atoms with van der Waals surface area (Å²) >= 11 is 5.91. The molecule has 0 saturated carbocycles. The number of hydrogen-bond donors (Lipinski definition) is 3. The van der Waals surface area contributed by atoms with Gasteiger partial charge in [0.1, 0.15) is 5.82 Å². The molecule has 0 aliphatic heterocycles. The van der Waals surface area contributed by atoms with Crippen LogP contribution in [0.5, 0.6) is 0 Å². The average Bonchev–Trinajstić information content (AvgIpc) is 2.49. The van der Waals surface area contributed by atoms with E-state index in [-0.39, 0.29) is 18.4 Å². The number of aromatic nitrogens is 2. The second kappa shape index (κ2) is 7.23. The Morgan fingerprint density at radius 3 is 2.58 bits per heavy atom. The Balaban J connectivity index is 2.40. The number of anilines is 3. The minimum absolute atomic E-state index is 0.0321. The van der Waals surface area contributed by atoms with Crippen LogP contribution >= 0.6 is 11.6 Å². The zero-order valence-electron chi connectivity index (χ0n) is 12.9. The molecule has 1 aromatic carbocycles. The molecule has 0 bridgehead atoms. The lowest BCUT2D eigenvalue weighted by Gasteiger charge is -2.16. The second-order valence-corrected chi connectivity index (χ2v) is 5.71. The van der Waals surface area contributed by atoms with Gasteiger partial charge in [-0.15, -0.1) is 0 Å². The van der Waals surface area contributed by atoms with Gasteiger partial charge in [0, 0.05) is 22.8 Å². The maximum atomic E-state index is 13.0. The molecule has 0 saturated heterocycles. The third-order valence-electron chi connectivity index (χ3n) is 3.13. The van der Waals surface area contributed by atoms with E-state index in [4.69, 9.17) is 16.7 Å². The van der Waals surface area contributed by atoms with Crippen LogP contribution in [0.15, 0.2) is 24.3 Å². The Bertz CT molecular complexity index is 724. The van der Waals surface area contributed by atoms with Gasteiger partial charge in [0.2, 0.25) is 5.95 Å². The maximum Gasteiger partial charge on any atom is 0.433 e. The van der Waals surface area contributed by atoms with E-state index in [9.17, 15) is 13.2 Å². The molecule has 0 unspecified atom stereocenters. The Hall–Kier alpha value is -2.06. The zero-order chi connectivity index (χ0) is 17.9. The van der Waals surface area contributed by atoms with Gasteiger partial charge in [0.15, 0.2) is 5.69 Å². The summed E-state index contributed by atoms with van der Waals surface area (Å²) in [6.07, 6.45) is -4.62. The van der Waals surface area contributed by atoms with E-state index >= 15 is 0 Å². The third kappa shape index (κ3) is 4.72. The number of hydrogen-bond acceptors (Lipinski definition) is 5. The number of rotatable bonds is 5. The highest BCUT2D eigenvalue weighted by Crippen LogP contribution is 2.31.